The predicted molar refractivity (Wildman–Crippen MR) is 80.5 cm³/mol. The minimum atomic E-state index is -3.70. The number of anilines is 1. The summed E-state index contributed by atoms with van der Waals surface area (Å²) >= 11 is 0. The van der Waals surface area contributed by atoms with Gasteiger partial charge in [-0.3, -0.25) is 0 Å². The molecule has 0 radical (unpaired) electrons. The third kappa shape index (κ3) is 3.06. The van der Waals surface area contributed by atoms with Gasteiger partial charge in [0, 0.05) is 13.1 Å². The van der Waals surface area contributed by atoms with Crippen molar-refractivity contribution in [3.05, 3.63) is 23.3 Å². The number of hydrogen-bond donors (Lipinski definition) is 2. The highest BCUT2D eigenvalue weighted by Crippen LogP contribution is 2.30. The fourth-order valence-electron chi connectivity index (χ4n) is 2.58. The first-order valence-corrected chi connectivity index (χ1v) is 8.33. The van der Waals surface area contributed by atoms with E-state index in [9.17, 15) is 13.5 Å². The van der Waals surface area contributed by atoms with Crippen molar-refractivity contribution in [2.24, 2.45) is 0 Å². The molecule has 2 rings (SSSR count). The molecule has 1 aliphatic heterocycles. The maximum Gasteiger partial charge on any atom is 0.245 e. The Labute approximate surface area is 125 Å². The van der Waals surface area contributed by atoms with E-state index in [1.165, 1.54) is 4.31 Å². The van der Waals surface area contributed by atoms with E-state index in [1.54, 1.807) is 26.8 Å². The molecule has 0 spiro atoms. The molecule has 0 aliphatic carbocycles. The summed E-state index contributed by atoms with van der Waals surface area (Å²) in [4.78, 5) is 0.160. The van der Waals surface area contributed by atoms with Gasteiger partial charge >= 0.3 is 0 Å². The highest BCUT2D eigenvalue weighted by Gasteiger charge is 2.35. The summed E-state index contributed by atoms with van der Waals surface area (Å²) in [5.41, 5.74) is 7.64. The van der Waals surface area contributed by atoms with Gasteiger partial charge in [0.25, 0.3) is 0 Å². The second-order valence-corrected chi connectivity index (χ2v) is 7.39. The van der Waals surface area contributed by atoms with Gasteiger partial charge in [-0.25, -0.2) is 8.42 Å². The number of nitrogens with two attached hydrogens (primary N) is 1. The predicted octanol–water partition coefficient (Wildman–Crippen LogP) is 0.656. The Morgan fingerprint density at radius 1 is 1.33 bits per heavy atom. The topological polar surface area (TPSA) is 92.9 Å². The van der Waals surface area contributed by atoms with E-state index in [4.69, 9.17) is 10.5 Å². The molecule has 1 saturated heterocycles. The van der Waals surface area contributed by atoms with E-state index in [-0.39, 0.29) is 36.4 Å². The molecule has 2 unspecified atom stereocenters. The van der Waals surface area contributed by atoms with E-state index in [2.05, 4.69) is 0 Å². The fourth-order valence-corrected chi connectivity index (χ4v) is 4.52. The molecular formula is C14H22N2O4S. The van der Waals surface area contributed by atoms with Crippen LogP contribution in [-0.4, -0.2) is 49.7 Å². The van der Waals surface area contributed by atoms with Gasteiger partial charge < -0.3 is 15.6 Å². The zero-order chi connectivity index (χ0) is 15.8. The first kappa shape index (κ1) is 16.2. The normalized spacial score (nSPS) is 24.2. The van der Waals surface area contributed by atoms with Gasteiger partial charge in [-0.1, -0.05) is 12.1 Å². The molecule has 7 heteroatoms. The van der Waals surface area contributed by atoms with Crippen LogP contribution in [0.1, 0.15) is 18.1 Å². The second-order valence-electron chi connectivity index (χ2n) is 5.52. The van der Waals surface area contributed by atoms with Crippen LogP contribution in [0.2, 0.25) is 0 Å². The third-order valence-corrected chi connectivity index (χ3v) is 5.74. The number of hydrogen-bond acceptors (Lipinski definition) is 5. The van der Waals surface area contributed by atoms with Gasteiger partial charge in [0.1, 0.15) is 4.90 Å². The molecule has 1 aliphatic rings. The minimum Gasteiger partial charge on any atom is -0.397 e. The van der Waals surface area contributed by atoms with Crippen LogP contribution in [0.25, 0.3) is 0 Å². The number of benzene rings is 1. The van der Waals surface area contributed by atoms with Crippen LogP contribution < -0.4 is 5.73 Å². The molecule has 0 saturated carbocycles. The lowest BCUT2D eigenvalue weighted by molar-refractivity contribution is -0.0750. The maximum atomic E-state index is 12.9. The summed E-state index contributed by atoms with van der Waals surface area (Å²) < 4.78 is 32.6. The summed E-state index contributed by atoms with van der Waals surface area (Å²) in [6, 6.07) is 3.56. The Morgan fingerprint density at radius 2 is 1.95 bits per heavy atom. The average molecular weight is 314 g/mol. The number of ether oxygens (including phenoxy) is 1. The molecule has 1 aromatic rings. The van der Waals surface area contributed by atoms with Gasteiger partial charge in [-0.15, -0.1) is 0 Å². The van der Waals surface area contributed by atoms with Crippen LogP contribution in [0.15, 0.2) is 17.0 Å². The van der Waals surface area contributed by atoms with Crippen molar-refractivity contribution in [1.82, 2.24) is 4.31 Å². The van der Waals surface area contributed by atoms with Crippen molar-refractivity contribution in [3.8, 4) is 0 Å². The molecule has 0 aromatic heterocycles. The second kappa shape index (κ2) is 5.92. The molecule has 118 valence electrons. The number of nitrogen functional groups attached to an aromatic ring is 1. The van der Waals surface area contributed by atoms with Crippen LogP contribution in [0.3, 0.4) is 0 Å². The summed E-state index contributed by atoms with van der Waals surface area (Å²) in [5, 5.41) is 9.24. The molecule has 0 bridgehead atoms. The number of morpholine rings is 1. The van der Waals surface area contributed by atoms with E-state index in [0.29, 0.717) is 5.56 Å². The molecule has 2 atom stereocenters. The van der Waals surface area contributed by atoms with Gasteiger partial charge in [0.2, 0.25) is 10.0 Å². The zero-order valence-electron chi connectivity index (χ0n) is 12.5. The fraction of sp³-hybridized carbons (Fsp3) is 0.571. The summed E-state index contributed by atoms with van der Waals surface area (Å²) in [5.74, 6) is 0. The first-order chi connectivity index (χ1) is 9.77. The van der Waals surface area contributed by atoms with E-state index < -0.39 is 16.1 Å². The molecule has 3 N–H and O–H groups in total. The van der Waals surface area contributed by atoms with Gasteiger partial charge in [0.15, 0.2) is 0 Å². The van der Waals surface area contributed by atoms with Gasteiger partial charge in [-0.2, -0.15) is 4.31 Å². The highest BCUT2D eigenvalue weighted by molar-refractivity contribution is 7.89. The Kier molecular flexibility index (Phi) is 4.57. The SMILES string of the molecule is Cc1ccc(C)c(S(=O)(=O)N2CC(C)OC(CO)C2)c1N. The molecular weight excluding hydrogens is 292 g/mol. The summed E-state index contributed by atoms with van der Waals surface area (Å²) in [7, 11) is -3.70. The molecule has 1 heterocycles. The van der Waals surface area contributed by atoms with E-state index in [0.717, 1.165) is 5.56 Å². The summed E-state index contributed by atoms with van der Waals surface area (Å²) in [6.45, 7) is 5.49. The molecule has 1 aromatic carbocycles. The van der Waals surface area contributed by atoms with Crippen molar-refractivity contribution in [1.29, 1.82) is 0 Å². The number of aliphatic hydroxyl groups is 1. The Balaban J connectivity index is 2.45. The molecule has 21 heavy (non-hydrogen) atoms. The lowest BCUT2D eigenvalue weighted by Crippen LogP contribution is -2.50. The third-order valence-electron chi connectivity index (χ3n) is 3.71. The van der Waals surface area contributed by atoms with Crippen molar-refractivity contribution in [3.63, 3.8) is 0 Å². The lowest BCUT2D eigenvalue weighted by Gasteiger charge is -2.35. The smallest absolute Gasteiger partial charge is 0.245 e. The average Bonchev–Trinajstić information content (AvgIpc) is 2.42. The number of rotatable bonds is 3. The Bertz CT molecular complexity index is 630. The van der Waals surface area contributed by atoms with Crippen LogP contribution in [0.4, 0.5) is 5.69 Å². The molecule has 1 fully saturated rings. The van der Waals surface area contributed by atoms with E-state index in [1.807, 2.05) is 6.07 Å². The first-order valence-electron chi connectivity index (χ1n) is 6.89. The van der Waals surface area contributed by atoms with Crippen molar-refractivity contribution in [2.45, 2.75) is 37.9 Å². The minimum absolute atomic E-state index is 0.135. The van der Waals surface area contributed by atoms with Gasteiger partial charge in [-0.05, 0) is 31.9 Å². The largest absolute Gasteiger partial charge is 0.397 e. The van der Waals surface area contributed by atoms with Crippen LogP contribution in [0, 0.1) is 13.8 Å². The maximum absolute atomic E-state index is 12.9. The van der Waals surface area contributed by atoms with E-state index >= 15 is 0 Å². The Morgan fingerprint density at radius 3 is 2.57 bits per heavy atom. The standard InChI is InChI=1S/C14H22N2O4S/c1-9-4-5-10(2)14(13(9)15)21(18,19)16-6-11(3)20-12(7-16)8-17/h4-5,11-12,17H,6-8,15H2,1-3H3. The monoisotopic (exact) mass is 314 g/mol. The molecule has 0 amide bonds. The van der Waals surface area contributed by atoms with Crippen LogP contribution in [0.5, 0.6) is 0 Å². The Hall–Kier alpha value is -1.15. The quantitative estimate of drug-likeness (QED) is 0.799. The van der Waals surface area contributed by atoms with Crippen molar-refractivity contribution >= 4 is 15.7 Å². The lowest BCUT2D eigenvalue weighted by atomic mass is 10.1. The van der Waals surface area contributed by atoms with Crippen molar-refractivity contribution in [2.75, 3.05) is 25.4 Å². The van der Waals surface area contributed by atoms with Gasteiger partial charge in [0.05, 0.1) is 24.5 Å². The number of aliphatic hydroxyl groups excluding tert-OH is 1. The number of aryl methyl sites for hydroxylation is 2. The van der Waals surface area contributed by atoms with Crippen LogP contribution in [-0.2, 0) is 14.8 Å². The summed E-state index contributed by atoms with van der Waals surface area (Å²) in [6.07, 6.45) is -0.771. The number of sulfonamides is 1. The highest BCUT2D eigenvalue weighted by atomic mass is 32.2. The van der Waals surface area contributed by atoms with Crippen LogP contribution >= 0.6 is 0 Å². The van der Waals surface area contributed by atoms with Crippen molar-refractivity contribution < 1.29 is 18.3 Å². The molecule has 6 nitrogen and oxygen atoms in total. The number of nitrogens with zero attached hydrogens (tertiary/aromatic N) is 1. The zero-order valence-corrected chi connectivity index (χ0v) is 13.4.